The molecule has 0 spiro atoms. The monoisotopic (exact) mass is 278 g/mol. The van der Waals surface area contributed by atoms with Crippen molar-refractivity contribution in [1.82, 2.24) is 0 Å². The third-order valence-electron chi connectivity index (χ3n) is 4.27. The smallest absolute Gasteiger partial charge is 0.188 e. The van der Waals surface area contributed by atoms with E-state index in [-0.39, 0.29) is 5.78 Å². The molecule has 0 radical (unpaired) electrons. The van der Waals surface area contributed by atoms with E-state index in [1.165, 1.54) is 5.56 Å². The van der Waals surface area contributed by atoms with Crippen LogP contribution in [-0.4, -0.2) is 19.5 Å². The van der Waals surface area contributed by atoms with Crippen LogP contribution < -0.4 is 0 Å². The van der Waals surface area contributed by atoms with E-state index < -0.39 is 15.1 Å². The second-order valence-electron chi connectivity index (χ2n) is 5.53. The largest absolute Gasteiger partial charge is 0.298 e. The number of sulfone groups is 1. The molecule has 0 aliphatic heterocycles. The summed E-state index contributed by atoms with van der Waals surface area (Å²) in [6.07, 6.45) is 5.65. The highest BCUT2D eigenvalue weighted by Gasteiger charge is 2.35. The maximum atomic E-state index is 12.6. The van der Waals surface area contributed by atoms with Gasteiger partial charge in [-0.2, -0.15) is 0 Å². The molecule has 0 heterocycles. The minimum atomic E-state index is -3.48. The third kappa shape index (κ3) is 2.22. The number of aryl methyl sites for hydroxylation is 2. The topological polar surface area (TPSA) is 51.2 Å². The molecule has 1 saturated carbocycles. The summed E-state index contributed by atoms with van der Waals surface area (Å²) in [7, 11) is -3.48. The van der Waals surface area contributed by atoms with Gasteiger partial charge in [-0.3, -0.25) is 4.79 Å². The van der Waals surface area contributed by atoms with Crippen molar-refractivity contribution in [2.45, 2.75) is 55.1 Å². The van der Waals surface area contributed by atoms with Crippen LogP contribution in [0.1, 0.15) is 43.2 Å². The van der Waals surface area contributed by atoms with Crippen molar-refractivity contribution in [1.29, 1.82) is 0 Å². The number of Topliss-reactive ketones (excluding diaryl/α,β-unsaturated/α-hetero) is 1. The first-order chi connectivity index (χ1) is 9.09. The fourth-order valence-corrected chi connectivity index (χ4v) is 5.00. The van der Waals surface area contributed by atoms with Gasteiger partial charge in [-0.05, 0) is 55.4 Å². The number of fused-ring (bicyclic) bond motifs is 1. The van der Waals surface area contributed by atoms with E-state index in [4.69, 9.17) is 0 Å². The highest BCUT2D eigenvalue weighted by molar-refractivity contribution is 7.92. The van der Waals surface area contributed by atoms with E-state index >= 15 is 0 Å². The van der Waals surface area contributed by atoms with Crippen LogP contribution in [0.15, 0.2) is 23.1 Å². The number of hydrogen-bond donors (Lipinski definition) is 0. The lowest BCUT2D eigenvalue weighted by Crippen LogP contribution is -2.33. The van der Waals surface area contributed by atoms with Crippen molar-refractivity contribution >= 4 is 15.6 Å². The Kier molecular flexibility index (Phi) is 3.21. The van der Waals surface area contributed by atoms with Gasteiger partial charge in [-0.15, -0.1) is 0 Å². The molecular weight excluding hydrogens is 260 g/mol. The summed E-state index contributed by atoms with van der Waals surface area (Å²) in [4.78, 5) is 12.2. The van der Waals surface area contributed by atoms with E-state index in [9.17, 15) is 13.2 Å². The minimum Gasteiger partial charge on any atom is -0.298 e. The highest BCUT2D eigenvalue weighted by Crippen LogP contribution is 2.30. The first-order valence-electron chi connectivity index (χ1n) is 6.97. The normalized spacial score (nSPS) is 23.4. The average molecular weight is 278 g/mol. The van der Waals surface area contributed by atoms with E-state index in [2.05, 4.69) is 0 Å². The Labute approximate surface area is 113 Å². The molecule has 0 aromatic heterocycles. The van der Waals surface area contributed by atoms with Crippen molar-refractivity contribution in [2.75, 3.05) is 0 Å². The zero-order valence-electron chi connectivity index (χ0n) is 10.9. The Morgan fingerprint density at radius 3 is 2.53 bits per heavy atom. The molecule has 102 valence electrons. The summed E-state index contributed by atoms with van der Waals surface area (Å²) in [6, 6.07) is 5.39. The van der Waals surface area contributed by atoms with Gasteiger partial charge >= 0.3 is 0 Å². The minimum absolute atomic E-state index is 0.105. The van der Waals surface area contributed by atoms with Gasteiger partial charge in [0.05, 0.1) is 4.90 Å². The molecule has 19 heavy (non-hydrogen) atoms. The Morgan fingerprint density at radius 1 is 0.947 bits per heavy atom. The molecule has 1 fully saturated rings. The lowest BCUT2D eigenvalue weighted by atomic mass is 9.99. The van der Waals surface area contributed by atoms with Crippen LogP contribution in [0.25, 0.3) is 0 Å². The molecule has 2 aliphatic carbocycles. The van der Waals surface area contributed by atoms with E-state index in [0.29, 0.717) is 17.7 Å². The molecule has 0 amide bonds. The average Bonchev–Trinajstić information content (AvgIpc) is 2.86. The molecule has 1 atom stereocenters. The zero-order chi connectivity index (χ0) is 13.5. The number of carbonyl (C=O) groups is 1. The molecule has 4 heteroatoms. The van der Waals surface area contributed by atoms with Gasteiger partial charge in [0.2, 0.25) is 0 Å². The van der Waals surface area contributed by atoms with Crippen LogP contribution in [0.3, 0.4) is 0 Å². The standard InChI is InChI=1S/C15H18O3S/c16-14-6-1-2-7-15(14)19(17,18)13-9-8-11-4-3-5-12(11)10-13/h8-10,15H,1-7H2. The van der Waals surface area contributed by atoms with Gasteiger partial charge in [0.25, 0.3) is 0 Å². The van der Waals surface area contributed by atoms with Crippen LogP contribution in [0.4, 0.5) is 0 Å². The van der Waals surface area contributed by atoms with E-state index in [1.54, 1.807) is 12.1 Å². The van der Waals surface area contributed by atoms with Gasteiger partial charge in [-0.25, -0.2) is 8.42 Å². The summed E-state index contributed by atoms with van der Waals surface area (Å²) < 4.78 is 25.2. The SMILES string of the molecule is O=C1CCCCC1S(=O)(=O)c1ccc2c(c1)CCC2. The summed E-state index contributed by atoms with van der Waals surface area (Å²) in [6.45, 7) is 0. The van der Waals surface area contributed by atoms with E-state index in [1.807, 2.05) is 6.07 Å². The summed E-state index contributed by atoms with van der Waals surface area (Å²) >= 11 is 0. The fraction of sp³-hybridized carbons (Fsp3) is 0.533. The maximum Gasteiger partial charge on any atom is 0.188 e. The third-order valence-corrected chi connectivity index (χ3v) is 6.43. The summed E-state index contributed by atoms with van der Waals surface area (Å²) in [5.74, 6) is -0.105. The molecule has 3 nitrogen and oxygen atoms in total. The van der Waals surface area contributed by atoms with Gasteiger partial charge < -0.3 is 0 Å². The second-order valence-corrected chi connectivity index (χ2v) is 7.66. The Hall–Kier alpha value is -1.16. The van der Waals surface area contributed by atoms with Gasteiger partial charge in [0.15, 0.2) is 15.6 Å². The van der Waals surface area contributed by atoms with Crippen molar-refractivity contribution in [3.8, 4) is 0 Å². The number of benzene rings is 1. The molecule has 0 saturated heterocycles. The number of ketones is 1. The number of rotatable bonds is 2. The Morgan fingerprint density at radius 2 is 1.74 bits per heavy atom. The Balaban J connectivity index is 1.98. The van der Waals surface area contributed by atoms with Gasteiger partial charge in [-0.1, -0.05) is 12.5 Å². The Bertz CT molecular complexity index is 616. The second kappa shape index (κ2) is 4.75. The molecular formula is C15H18O3S. The quantitative estimate of drug-likeness (QED) is 0.835. The first-order valence-corrected chi connectivity index (χ1v) is 8.52. The zero-order valence-corrected chi connectivity index (χ0v) is 11.7. The highest BCUT2D eigenvalue weighted by atomic mass is 32.2. The molecule has 0 N–H and O–H groups in total. The summed E-state index contributed by atoms with van der Waals surface area (Å²) in [5, 5.41) is -0.805. The molecule has 0 bridgehead atoms. The summed E-state index contributed by atoms with van der Waals surface area (Å²) in [5.41, 5.74) is 2.40. The number of hydrogen-bond acceptors (Lipinski definition) is 3. The van der Waals surface area contributed by atoms with Crippen LogP contribution in [0, 0.1) is 0 Å². The lowest BCUT2D eigenvalue weighted by molar-refractivity contribution is -0.119. The molecule has 1 aromatic carbocycles. The molecule has 1 aromatic rings. The van der Waals surface area contributed by atoms with Crippen molar-refractivity contribution < 1.29 is 13.2 Å². The van der Waals surface area contributed by atoms with Crippen LogP contribution in [-0.2, 0) is 27.5 Å². The predicted molar refractivity (Wildman–Crippen MR) is 72.9 cm³/mol. The van der Waals surface area contributed by atoms with Gasteiger partial charge in [0, 0.05) is 6.42 Å². The van der Waals surface area contributed by atoms with Crippen LogP contribution in [0.5, 0.6) is 0 Å². The van der Waals surface area contributed by atoms with Gasteiger partial charge in [0.1, 0.15) is 5.25 Å². The lowest BCUT2D eigenvalue weighted by Gasteiger charge is -2.21. The molecule has 1 unspecified atom stereocenters. The van der Waals surface area contributed by atoms with Crippen molar-refractivity contribution in [3.05, 3.63) is 29.3 Å². The molecule has 3 rings (SSSR count). The van der Waals surface area contributed by atoms with Crippen molar-refractivity contribution in [2.24, 2.45) is 0 Å². The predicted octanol–water partition coefficient (Wildman–Crippen LogP) is 2.46. The molecule has 2 aliphatic rings. The van der Waals surface area contributed by atoms with Crippen LogP contribution >= 0.6 is 0 Å². The maximum absolute atomic E-state index is 12.6. The van der Waals surface area contributed by atoms with Crippen LogP contribution in [0.2, 0.25) is 0 Å². The fourth-order valence-electron chi connectivity index (χ4n) is 3.17. The van der Waals surface area contributed by atoms with Crippen molar-refractivity contribution in [3.63, 3.8) is 0 Å². The van der Waals surface area contributed by atoms with E-state index in [0.717, 1.165) is 37.7 Å². The first kappa shape index (κ1) is 12.9. The number of carbonyl (C=O) groups excluding carboxylic acids is 1.